The molecular weight excluding hydrogens is 273 g/mol. The average molecular weight is 291 g/mol. The molecular formula is C16H18FNO3. The second kappa shape index (κ2) is 5.13. The first-order valence-electron chi connectivity index (χ1n) is 7.29. The second-order valence-corrected chi connectivity index (χ2v) is 6.06. The summed E-state index contributed by atoms with van der Waals surface area (Å²) in [6.07, 6.45) is 2.64. The molecule has 0 aromatic heterocycles. The summed E-state index contributed by atoms with van der Waals surface area (Å²) in [5.74, 6) is -1.35. The molecule has 1 N–H and O–H groups in total. The van der Waals surface area contributed by atoms with Crippen molar-refractivity contribution >= 4 is 11.9 Å². The summed E-state index contributed by atoms with van der Waals surface area (Å²) in [6.45, 7) is 0.779. The molecule has 0 atom stereocenters. The van der Waals surface area contributed by atoms with Gasteiger partial charge in [-0.2, -0.15) is 0 Å². The number of halogens is 1. The van der Waals surface area contributed by atoms with Gasteiger partial charge in [0.1, 0.15) is 5.82 Å². The van der Waals surface area contributed by atoms with Crippen LogP contribution < -0.4 is 0 Å². The molecule has 1 heterocycles. The molecule has 1 amide bonds. The Labute approximate surface area is 122 Å². The Morgan fingerprint density at radius 1 is 1.33 bits per heavy atom. The molecule has 0 saturated heterocycles. The molecule has 0 unspecified atom stereocenters. The van der Waals surface area contributed by atoms with Crippen LogP contribution in [0, 0.1) is 11.2 Å². The number of fused-ring (bicyclic) bond motifs is 1. The van der Waals surface area contributed by atoms with Gasteiger partial charge in [0.2, 0.25) is 5.91 Å². The van der Waals surface area contributed by atoms with Gasteiger partial charge in [-0.05, 0) is 30.9 Å². The summed E-state index contributed by atoms with van der Waals surface area (Å²) >= 11 is 0. The number of aliphatic carboxylic acids is 1. The molecule has 0 bridgehead atoms. The first-order chi connectivity index (χ1) is 10.0. The first kappa shape index (κ1) is 14.0. The molecule has 4 nitrogen and oxygen atoms in total. The van der Waals surface area contributed by atoms with Gasteiger partial charge in [-0.3, -0.25) is 9.59 Å². The Balaban J connectivity index is 1.73. The number of amides is 1. The summed E-state index contributed by atoms with van der Waals surface area (Å²) in [5, 5.41) is 9.30. The van der Waals surface area contributed by atoms with E-state index in [1.165, 1.54) is 6.07 Å². The monoisotopic (exact) mass is 291 g/mol. The summed E-state index contributed by atoms with van der Waals surface area (Å²) < 4.78 is 13.8. The largest absolute Gasteiger partial charge is 0.481 e. The molecule has 0 radical (unpaired) electrons. The van der Waals surface area contributed by atoms with Crippen LogP contribution in [0.15, 0.2) is 18.2 Å². The normalized spacial score (nSPS) is 19.6. The number of rotatable bonds is 3. The average Bonchev–Trinajstić information content (AvgIpc) is 2.42. The predicted octanol–water partition coefficient (Wildman–Crippen LogP) is 2.36. The van der Waals surface area contributed by atoms with Crippen molar-refractivity contribution in [3.8, 4) is 0 Å². The predicted molar refractivity (Wildman–Crippen MR) is 74.1 cm³/mol. The van der Waals surface area contributed by atoms with Crippen molar-refractivity contribution in [2.75, 3.05) is 6.54 Å². The van der Waals surface area contributed by atoms with E-state index in [1.807, 2.05) is 6.07 Å². The van der Waals surface area contributed by atoms with Crippen molar-refractivity contribution < 1.29 is 19.1 Å². The lowest BCUT2D eigenvalue weighted by molar-refractivity contribution is -0.159. The van der Waals surface area contributed by atoms with E-state index in [4.69, 9.17) is 0 Å². The lowest BCUT2D eigenvalue weighted by Gasteiger charge is -2.39. The number of nitrogens with zero attached hydrogens (tertiary/aromatic N) is 1. The quantitative estimate of drug-likeness (QED) is 0.930. The fourth-order valence-electron chi connectivity index (χ4n) is 3.22. The van der Waals surface area contributed by atoms with E-state index in [9.17, 15) is 19.1 Å². The number of hydrogen-bond donors (Lipinski definition) is 1. The molecule has 1 fully saturated rings. The zero-order valence-corrected chi connectivity index (χ0v) is 11.8. The Morgan fingerprint density at radius 3 is 2.71 bits per heavy atom. The van der Waals surface area contributed by atoms with Gasteiger partial charge in [0.05, 0.1) is 5.41 Å². The minimum atomic E-state index is -0.884. The summed E-state index contributed by atoms with van der Waals surface area (Å²) in [4.78, 5) is 25.3. The highest BCUT2D eigenvalue weighted by Crippen LogP contribution is 2.44. The van der Waals surface area contributed by atoms with Crippen molar-refractivity contribution in [3.05, 3.63) is 35.1 Å². The molecule has 112 valence electrons. The van der Waals surface area contributed by atoms with Crippen LogP contribution in [0.25, 0.3) is 0 Å². The minimum Gasteiger partial charge on any atom is -0.481 e. The molecule has 2 aliphatic rings. The maximum Gasteiger partial charge on any atom is 0.310 e. The summed E-state index contributed by atoms with van der Waals surface area (Å²) in [7, 11) is 0. The third kappa shape index (κ3) is 2.41. The summed E-state index contributed by atoms with van der Waals surface area (Å²) in [5.41, 5.74) is 0.623. The maximum atomic E-state index is 13.8. The highest BCUT2D eigenvalue weighted by atomic mass is 19.1. The zero-order chi connectivity index (χ0) is 15.0. The molecule has 1 aromatic rings. The van der Waals surface area contributed by atoms with Gasteiger partial charge in [0.15, 0.2) is 0 Å². The van der Waals surface area contributed by atoms with Crippen LogP contribution in [0.5, 0.6) is 0 Å². The van der Waals surface area contributed by atoms with Crippen LogP contribution in [-0.4, -0.2) is 28.4 Å². The van der Waals surface area contributed by atoms with Gasteiger partial charge in [-0.25, -0.2) is 4.39 Å². The smallest absolute Gasteiger partial charge is 0.310 e. The number of carboxylic acid groups (broad SMARTS) is 1. The molecule has 1 aromatic carbocycles. The van der Waals surface area contributed by atoms with Crippen LogP contribution in [0.4, 0.5) is 4.39 Å². The first-order valence-corrected chi connectivity index (χ1v) is 7.29. The Bertz CT molecular complexity index is 595. The lowest BCUT2D eigenvalue weighted by atomic mass is 9.66. The van der Waals surface area contributed by atoms with Crippen molar-refractivity contribution in [3.63, 3.8) is 0 Å². The van der Waals surface area contributed by atoms with E-state index in [2.05, 4.69) is 0 Å². The lowest BCUT2D eigenvalue weighted by Crippen LogP contribution is -2.45. The van der Waals surface area contributed by atoms with Crippen LogP contribution in [0.2, 0.25) is 0 Å². The third-order valence-electron chi connectivity index (χ3n) is 4.82. The van der Waals surface area contributed by atoms with Gasteiger partial charge >= 0.3 is 5.97 Å². The Hall–Kier alpha value is -1.91. The number of carboxylic acids is 1. The van der Waals surface area contributed by atoms with Crippen LogP contribution in [0.1, 0.15) is 36.8 Å². The fraction of sp³-hybridized carbons (Fsp3) is 0.500. The fourth-order valence-corrected chi connectivity index (χ4v) is 3.22. The number of benzene rings is 1. The van der Waals surface area contributed by atoms with E-state index in [0.29, 0.717) is 31.4 Å². The van der Waals surface area contributed by atoms with E-state index in [-0.39, 0.29) is 24.7 Å². The van der Waals surface area contributed by atoms with Crippen molar-refractivity contribution in [2.24, 2.45) is 5.41 Å². The summed E-state index contributed by atoms with van der Waals surface area (Å²) in [6, 6.07) is 4.96. The minimum absolute atomic E-state index is 0.0338. The van der Waals surface area contributed by atoms with Crippen LogP contribution >= 0.6 is 0 Å². The van der Waals surface area contributed by atoms with Crippen molar-refractivity contribution in [1.82, 2.24) is 4.90 Å². The zero-order valence-electron chi connectivity index (χ0n) is 11.8. The van der Waals surface area contributed by atoms with E-state index >= 15 is 0 Å². The topological polar surface area (TPSA) is 57.6 Å². The highest BCUT2D eigenvalue weighted by molar-refractivity contribution is 5.85. The second-order valence-electron chi connectivity index (χ2n) is 6.06. The van der Waals surface area contributed by atoms with Crippen molar-refractivity contribution in [1.29, 1.82) is 0 Å². The van der Waals surface area contributed by atoms with Gasteiger partial charge in [0, 0.05) is 25.1 Å². The van der Waals surface area contributed by atoms with E-state index in [0.717, 1.165) is 12.0 Å². The van der Waals surface area contributed by atoms with Crippen LogP contribution in [-0.2, 0) is 22.6 Å². The van der Waals surface area contributed by atoms with Gasteiger partial charge in [-0.15, -0.1) is 0 Å². The number of carbonyl (C=O) groups is 2. The Morgan fingerprint density at radius 2 is 2.10 bits per heavy atom. The van der Waals surface area contributed by atoms with Gasteiger partial charge < -0.3 is 10.0 Å². The number of carbonyl (C=O) groups excluding carboxylic acids is 1. The molecule has 3 rings (SSSR count). The van der Waals surface area contributed by atoms with Crippen LogP contribution in [0.3, 0.4) is 0 Å². The third-order valence-corrected chi connectivity index (χ3v) is 4.82. The van der Waals surface area contributed by atoms with Gasteiger partial charge in [0.25, 0.3) is 0 Å². The Kier molecular flexibility index (Phi) is 3.43. The molecule has 21 heavy (non-hydrogen) atoms. The molecule has 1 saturated carbocycles. The molecule has 1 aliphatic carbocycles. The van der Waals surface area contributed by atoms with Gasteiger partial charge in [-0.1, -0.05) is 18.6 Å². The molecule has 0 spiro atoms. The number of hydrogen-bond acceptors (Lipinski definition) is 2. The SMILES string of the molecule is O=C(CC1(C(=O)O)CCC1)N1CCc2cccc(F)c2C1. The van der Waals surface area contributed by atoms with Crippen molar-refractivity contribution in [2.45, 2.75) is 38.6 Å². The van der Waals surface area contributed by atoms with E-state index < -0.39 is 11.4 Å². The van der Waals surface area contributed by atoms with E-state index in [1.54, 1.807) is 11.0 Å². The molecule has 1 aliphatic heterocycles. The molecule has 5 heteroatoms. The standard InChI is InChI=1S/C16H18FNO3/c17-13-4-1-3-11-5-8-18(10-12(11)13)14(19)9-16(15(20)21)6-2-7-16/h1,3-4H,2,5-10H2,(H,20,21). The highest BCUT2D eigenvalue weighted by Gasteiger charge is 2.46. The maximum absolute atomic E-state index is 13.8.